The standard InChI is InChI=1S/C13H19N5O/c1-8(2)13-17-16-12(19-13)7-18-5-4-10-11(6-18)15-9(3)14-10/h8H,4-7H2,1-3H3,(H,14,15). The van der Waals surface area contributed by atoms with Crippen LogP contribution >= 0.6 is 0 Å². The van der Waals surface area contributed by atoms with Gasteiger partial charge in [0.05, 0.1) is 17.9 Å². The molecule has 102 valence electrons. The van der Waals surface area contributed by atoms with Crippen molar-refractivity contribution >= 4 is 0 Å². The van der Waals surface area contributed by atoms with E-state index in [1.165, 1.54) is 11.4 Å². The second-order valence-electron chi connectivity index (χ2n) is 5.40. The first-order chi connectivity index (χ1) is 9.11. The van der Waals surface area contributed by atoms with E-state index in [0.717, 1.165) is 25.3 Å². The molecule has 1 aliphatic heterocycles. The molecule has 0 fully saturated rings. The van der Waals surface area contributed by atoms with Gasteiger partial charge in [0.25, 0.3) is 0 Å². The number of fused-ring (bicyclic) bond motifs is 1. The van der Waals surface area contributed by atoms with Crippen LogP contribution in [0.1, 0.15) is 48.8 Å². The van der Waals surface area contributed by atoms with E-state index < -0.39 is 0 Å². The summed E-state index contributed by atoms with van der Waals surface area (Å²) in [5.41, 5.74) is 2.41. The van der Waals surface area contributed by atoms with Crippen LogP contribution in [-0.2, 0) is 19.5 Å². The van der Waals surface area contributed by atoms with Gasteiger partial charge in [-0.3, -0.25) is 4.90 Å². The van der Waals surface area contributed by atoms with Crippen LogP contribution in [0.5, 0.6) is 0 Å². The summed E-state index contributed by atoms with van der Waals surface area (Å²) in [7, 11) is 0. The number of hydrogen-bond donors (Lipinski definition) is 1. The summed E-state index contributed by atoms with van der Waals surface area (Å²) in [6, 6.07) is 0. The summed E-state index contributed by atoms with van der Waals surface area (Å²) in [6.45, 7) is 8.66. The number of aryl methyl sites for hydroxylation is 1. The molecule has 19 heavy (non-hydrogen) atoms. The van der Waals surface area contributed by atoms with Crippen molar-refractivity contribution in [2.75, 3.05) is 6.54 Å². The van der Waals surface area contributed by atoms with Gasteiger partial charge in [-0.2, -0.15) is 0 Å². The summed E-state index contributed by atoms with van der Waals surface area (Å²) in [4.78, 5) is 10.1. The van der Waals surface area contributed by atoms with Gasteiger partial charge in [0.15, 0.2) is 0 Å². The summed E-state index contributed by atoms with van der Waals surface area (Å²) in [6.07, 6.45) is 0.977. The molecule has 2 aromatic rings. The Kier molecular flexibility index (Phi) is 3.10. The van der Waals surface area contributed by atoms with Gasteiger partial charge in [0, 0.05) is 25.4 Å². The van der Waals surface area contributed by atoms with Gasteiger partial charge in [-0.1, -0.05) is 13.8 Å². The van der Waals surface area contributed by atoms with Crippen molar-refractivity contribution in [3.8, 4) is 0 Å². The van der Waals surface area contributed by atoms with Crippen LogP contribution in [0.25, 0.3) is 0 Å². The molecule has 6 heteroatoms. The predicted octanol–water partition coefficient (Wildman–Crippen LogP) is 1.78. The zero-order valence-corrected chi connectivity index (χ0v) is 11.6. The molecule has 0 amide bonds. The van der Waals surface area contributed by atoms with E-state index >= 15 is 0 Å². The van der Waals surface area contributed by atoms with Crippen molar-refractivity contribution in [3.63, 3.8) is 0 Å². The van der Waals surface area contributed by atoms with E-state index in [9.17, 15) is 0 Å². The molecule has 0 spiro atoms. The van der Waals surface area contributed by atoms with Gasteiger partial charge in [0.2, 0.25) is 11.8 Å². The first-order valence-electron chi connectivity index (χ1n) is 6.71. The van der Waals surface area contributed by atoms with E-state index in [1.54, 1.807) is 0 Å². The van der Waals surface area contributed by atoms with Crippen LogP contribution in [-0.4, -0.2) is 31.6 Å². The van der Waals surface area contributed by atoms with Crippen LogP contribution < -0.4 is 0 Å². The molecule has 1 aliphatic rings. The number of nitrogens with one attached hydrogen (secondary N) is 1. The van der Waals surface area contributed by atoms with E-state index in [0.29, 0.717) is 18.3 Å². The molecule has 0 unspecified atom stereocenters. The monoisotopic (exact) mass is 261 g/mol. The molecule has 0 radical (unpaired) electrons. The highest BCUT2D eigenvalue weighted by atomic mass is 16.4. The Bertz CT molecular complexity index is 571. The molecule has 1 N–H and O–H groups in total. The zero-order valence-electron chi connectivity index (χ0n) is 11.6. The lowest BCUT2D eigenvalue weighted by Gasteiger charge is -2.24. The average Bonchev–Trinajstić information content (AvgIpc) is 2.94. The quantitative estimate of drug-likeness (QED) is 0.912. The summed E-state index contributed by atoms with van der Waals surface area (Å²) >= 11 is 0. The maximum atomic E-state index is 5.65. The summed E-state index contributed by atoms with van der Waals surface area (Å²) in [5, 5.41) is 8.17. The van der Waals surface area contributed by atoms with Crippen LogP contribution in [0.3, 0.4) is 0 Å². The third-order valence-electron chi connectivity index (χ3n) is 3.36. The Hall–Kier alpha value is -1.69. The Morgan fingerprint density at radius 3 is 2.95 bits per heavy atom. The molecule has 0 saturated carbocycles. The Morgan fingerprint density at radius 1 is 1.37 bits per heavy atom. The van der Waals surface area contributed by atoms with Gasteiger partial charge in [0.1, 0.15) is 5.82 Å². The molecular formula is C13H19N5O. The average molecular weight is 261 g/mol. The van der Waals surface area contributed by atoms with Crippen molar-refractivity contribution < 1.29 is 4.42 Å². The van der Waals surface area contributed by atoms with Crippen molar-refractivity contribution in [1.29, 1.82) is 0 Å². The van der Waals surface area contributed by atoms with E-state index in [-0.39, 0.29) is 5.92 Å². The van der Waals surface area contributed by atoms with Gasteiger partial charge in [-0.15, -0.1) is 10.2 Å². The van der Waals surface area contributed by atoms with Gasteiger partial charge >= 0.3 is 0 Å². The molecule has 0 aliphatic carbocycles. The fourth-order valence-corrected chi connectivity index (χ4v) is 2.38. The number of rotatable bonds is 3. The molecule has 0 atom stereocenters. The smallest absolute Gasteiger partial charge is 0.230 e. The molecule has 6 nitrogen and oxygen atoms in total. The molecule has 0 bridgehead atoms. The molecule has 3 rings (SSSR count). The minimum atomic E-state index is 0.282. The summed E-state index contributed by atoms with van der Waals surface area (Å²) in [5.74, 6) is 2.68. The number of hydrogen-bond acceptors (Lipinski definition) is 5. The maximum Gasteiger partial charge on any atom is 0.230 e. The predicted molar refractivity (Wildman–Crippen MR) is 69.5 cm³/mol. The molecular weight excluding hydrogens is 242 g/mol. The molecule has 0 saturated heterocycles. The fourth-order valence-electron chi connectivity index (χ4n) is 2.38. The van der Waals surface area contributed by atoms with Crippen LogP contribution in [0, 0.1) is 6.92 Å². The highest BCUT2D eigenvalue weighted by Gasteiger charge is 2.21. The topological polar surface area (TPSA) is 70.8 Å². The fraction of sp³-hybridized carbons (Fsp3) is 0.615. The highest BCUT2D eigenvalue weighted by Crippen LogP contribution is 2.19. The van der Waals surface area contributed by atoms with E-state index in [1.807, 2.05) is 6.92 Å². The van der Waals surface area contributed by atoms with Crippen molar-refractivity contribution in [3.05, 3.63) is 29.0 Å². The van der Waals surface area contributed by atoms with Crippen molar-refractivity contribution in [1.82, 2.24) is 25.1 Å². The molecule has 0 aromatic carbocycles. The number of aromatic nitrogens is 4. The van der Waals surface area contributed by atoms with Crippen molar-refractivity contribution in [2.45, 2.75) is 46.2 Å². The van der Waals surface area contributed by atoms with Crippen LogP contribution in [0.4, 0.5) is 0 Å². The van der Waals surface area contributed by atoms with Crippen LogP contribution in [0.2, 0.25) is 0 Å². The number of aromatic amines is 1. The van der Waals surface area contributed by atoms with Crippen LogP contribution in [0.15, 0.2) is 4.42 Å². The minimum absolute atomic E-state index is 0.282. The largest absolute Gasteiger partial charge is 0.424 e. The lowest BCUT2D eigenvalue weighted by atomic mass is 10.1. The van der Waals surface area contributed by atoms with E-state index in [4.69, 9.17) is 4.42 Å². The Morgan fingerprint density at radius 2 is 2.21 bits per heavy atom. The molecule has 3 heterocycles. The minimum Gasteiger partial charge on any atom is -0.424 e. The lowest BCUT2D eigenvalue weighted by Crippen LogP contribution is -2.30. The molecule has 2 aromatic heterocycles. The third-order valence-corrected chi connectivity index (χ3v) is 3.36. The number of nitrogens with zero attached hydrogens (tertiary/aromatic N) is 4. The second-order valence-corrected chi connectivity index (χ2v) is 5.40. The van der Waals surface area contributed by atoms with Gasteiger partial charge in [-0.25, -0.2) is 4.98 Å². The summed E-state index contributed by atoms with van der Waals surface area (Å²) < 4.78 is 5.65. The second kappa shape index (κ2) is 4.77. The Balaban J connectivity index is 1.68. The van der Waals surface area contributed by atoms with E-state index in [2.05, 4.69) is 38.9 Å². The first-order valence-corrected chi connectivity index (χ1v) is 6.71. The van der Waals surface area contributed by atoms with Gasteiger partial charge < -0.3 is 9.40 Å². The number of imidazole rings is 1. The van der Waals surface area contributed by atoms with Gasteiger partial charge in [-0.05, 0) is 6.92 Å². The maximum absolute atomic E-state index is 5.65. The van der Waals surface area contributed by atoms with Crippen molar-refractivity contribution in [2.24, 2.45) is 0 Å². The normalized spacial score (nSPS) is 16.0. The Labute approximate surface area is 112 Å². The third kappa shape index (κ3) is 2.53. The lowest BCUT2D eigenvalue weighted by molar-refractivity contribution is 0.215. The SMILES string of the molecule is Cc1nc2c([nH]1)CN(Cc1nnc(C(C)C)o1)CC2. The highest BCUT2D eigenvalue weighted by molar-refractivity contribution is 5.17. The number of H-pyrrole nitrogens is 1. The first kappa shape index (κ1) is 12.3. The zero-order chi connectivity index (χ0) is 13.4.